The van der Waals surface area contributed by atoms with Gasteiger partial charge in [-0.15, -0.1) is 0 Å². The number of ether oxygens (including phenoxy) is 1. The van der Waals surface area contributed by atoms with Gasteiger partial charge in [0.25, 0.3) is 0 Å². The van der Waals surface area contributed by atoms with Crippen LogP contribution < -0.4 is 5.32 Å². The van der Waals surface area contributed by atoms with Gasteiger partial charge < -0.3 is 10.1 Å². The fourth-order valence-electron chi connectivity index (χ4n) is 0.356. The fourth-order valence-corrected chi connectivity index (χ4v) is 0.356. The molecule has 2 nitrogen and oxygen atoms in total. The summed E-state index contributed by atoms with van der Waals surface area (Å²) in [7, 11) is 1.58. The predicted molar refractivity (Wildman–Crippen MR) is 43.5 cm³/mol. The highest BCUT2D eigenvalue weighted by atomic mass is 16.5. The Balaban J connectivity index is 3.44. The van der Waals surface area contributed by atoms with Crippen molar-refractivity contribution in [2.75, 3.05) is 13.7 Å². The first-order valence-corrected chi connectivity index (χ1v) is 2.97. The summed E-state index contributed by atoms with van der Waals surface area (Å²) in [5.74, 6) is 0.683. The van der Waals surface area contributed by atoms with E-state index in [2.05, 4.69) is 25.1 Å². The van der Waals surface area contributed by atoms with Gasteiger partial charge in [0.15, 0.2) is 0 Å². The van der Waals surface area contributed by atoms with Gasteiger partial charge in [0, 0.05) is 5.70 Å². The van der Waals surface area contributed by atoms with Crippen molar-refractivity contribution in [1.82, 2.24) is 5.32 Å². The van der Waals surface area contributed by atoms with E-state index in [0.29, 0.717) is 12.3 Å². The summed E-state index contributed by atoms with van der Waals surface area (Å²) in [6.45, 7) is 11.4. The first-order valence-electron chi connectivity index (χ1n) is 2.97. The third kappa shape index (κ3) is 3.78. The molecule has 0 saturated carbocycles. The van der Waals surface area contributed by atoms with E-state index >= 15 is 0 Å². The zero-order chi connectivity index (χ0) is 7.98. The topological polar surface area (TPSA) is 21.3 Å². The molecule has 0 heterocycles. The van der Waals surface area contributed by atoms with Crippen molar-refractivity contribution >= 4 is 0 Å². The van der Waals surface area contributed by atoms with Crippen LogP contribution in [0.1, 0.15) is 0 Å². The van der Waals surface area contributed by atoms with Crippen molar-refractivity contribution in [3.05, 3.63) is 37.3 Å². The summed E-state index contributed by atoms with van der Waals surface area (Å²) in [4.78, 5) is 0. The molecule has 0 saturated heterocycles. The van der Waals surface area contributed by atoms with E-state index in [0.717, 1.165) is 5.70 Å². The maximum atomic E-state index is 4.81. The van der Waals surface area contributed by atoms with Crippen molar-refractivity contribution in [3.63, 3.8) is 0 Å². The van der Waals surface area contributed by atoms with Crippen molar-refractivity contribution in [3.8, 4) is 0 Å². The number of nitrogens with one attached hydrogen (secondary N) is 1. The van der Waals surface area contributed by atoms with Crippen LogP contribution >= 0.6 is 0 Å². The Hall–Kier alpha value is -1.18. The molecule has 0 aromatic carbocycles. The molecule has 0 aliphatic heterocycles. The van der Waals surface area contributed by atoms with Crippen LogP contribution in [0.5, 0.6) is 0 Å². The zero-order valence-electron chi connectivity index (χ0n) is 6.31. The second kappa shape index (κ2) is 4.68. The van der Waals surface area contributed by atoms with Gasteiger partial charge >= 0.3 is 0 Å². The highest BCUT2D eigenvalue weighted by molar-refractivity contribution is 5.09. The lowest BCUT2D eigenvalue weighted by Crippen LogP contribution is -2.14. The van der Waals surface area contributed by atoms with Gasteiger partial charge in [-0.2, -0.15) is 0 Å². The summed E-state index contributed by atoms with van der Waals surface area (Å²) < 4.78 is 4.81. The van der Waals surface area contributed by atoms with Crippen LogP contribution in [0.4, 0.5) is 0 Å². The summed E-state index contributed by atoms with van der Waals surface area (Å²) >= 11 is 0. The molecular weight excluding hydrogens is 126 g/mol. The van der Waals surface area contributed by atoms with E-state index in [1.54, 1.807) is 13.2 Å². The average Bonchev–Trinajstić information content (AvgIpc) is 1.99. The monoisotopic (exact) mass is 139 g/mol. The second-order valence-electron chi connectivity index (χ2n) is 1.83. The fraction of sp³-hybridized carbons (Fsp3) is 0.250. The van der Waals surface area contributed by atoms with E-state index in [-0.39, 0.29) is 0 Å². The maximum Gasteiger partial charge on any atom is 0.107 e. The van der Waals surface area contributed by atoms with Crippen LogP contribution in [-0.2, 0) is 4.74 Å². The Morgan fingerprint density at radius 1 is 1.60 bits per heavy atom. The van der Waals surface area contributed by atoms with E-state index in [4.69, 9.17) is 4.74 Å². The standard InChI is InChI=1S/C8H13NO/c1-5-7(2)9-6-8(3)10-4/h5,9H,1-3,6H2,4H3. The molecule has 0 atom stereocenters. The van der Waals surface area contributed by atoms with Crippen LogP contribution in [0.2, 0.25) is 0 Å². The average molecular weight is 139 g/mol. The highest BCUT2D eigenvalue weighted by Crippen LogP contribution is 1.89. The SMILES string of the molecule is C=CC(=C)NCC(=C)OC. The molecule has 0 amide bonds. The zero-order valence-corrected chi connectivity index (χ0v) is 6.31. The first kappa shape index (κ1) is 8.82. The third-order valence-electron chi connectivity index (χ3n) is 1.05. The van der Waals surface area contributed by atoms with Gasteiger partial charge in [-0.3, -0.25) is 0 Å². The van der Waals surface area contributed by atoms with Crippen LogP contribution in [0.25, 0.3) is 0 Å². The van der Waals surface area contributed by atoms with Gasteiger partial charge in [-0.25, -0.2) is 0 Å². The van der Waals surface area contributed by atoms with Gasteiger partial charge in [-0.1, -0.05) is 19.7 Å². The lowest BCUT2D eigenvalue weighted by atomic mass is 10.4. The van der Waals surface area contributed by atoms with E-state index in [1.165, 1.54) is 0 Å². The van der Waals surface area contributed by atoms with Crippen LogP contribution in [0.3, 0.4) is 0 Å². The minimum Gasteiger partial charge on any atom is -0.500 e. The normalized spacial score (nSPS) is 8.10. The molecule has 2 heteroatoms. The lowest BCUT2D eigenvalue weighted by molar-refractivity contribution is 0.284. The van der Waals surface area contributed by atoms with E-state index < -0.39 is 0 Å². The molecule has 10 heavy (non-hydrogen) atoms. The Kier molecular flexibility index (Phi) is 4.12. The Bertz CT molecular complexity index is 149. The Labute approximate surface area is 61.9 Å². The number of methoxy groups -OCH3 is 1. The molecule has 0 unspecified atom stereocenters. The van der Waals surface area contributed by atoms with Crippen molar-refractivity contribution in [2.45, 2.75) is 0 Å². The molecule has 0 aromatic rings. The number of rotatable bonds is 5. The first-order chi connectivity index (χ1) is 4.70. The number of hydrogen-bond donors (Lipinski definition) is 1. The van der Waals surface area contributed by atoms with Crippen molar-refractivity contribution < 1.29 is 4.74 Å². The van der Waals surface area contributed by atoms with Gasteiger partial charge in [-0.05, 0) is 6.08 Å². The molecule has 1 N–H and O–H groups in total. The van der Waals surface area contributed by atoms with Gasteiger partial charge in [0.05, 0.1) is 13.7 Å². The Morgan fingerprint density at radius 3 is 2.60 bits per heavy atom. The number of hydrogen-bond acceptors (Lipinski definition) is 2. The number of allylic oxidation sites excluding steroid dienone is 1. The maximum absolute atomic E-state index is 4.81. The Morgan fingerprint density at radius 2 is 2.20 bits per heavy atom. The van der Waals surface area contributed by atoms with Gasteiger partial charge in [0.2, 0.25) is 0 Å². The highest BCUT2D eigenvalue weighted by Gasteiger charge is 1.89. The summed E-state index contributed by atoms with van der Waals surface area (Å²) in [6.07, 6.45) is 1.64. The van der Waals surface area contributed by atoms with Crippen LogP contribution in [0.15, 0.2) is 37.3 Å². The molecule has 0 bridgehead atoms. The largest absolute Gasteiger partial charge is 0.500 e. The lowest BCUT2D eigenvalue weighted by Gasteiger charge is -2.06. The third-order valence-corrected chi connectivity index (χ3v) is 1.05. The van der Waals surface area contributed by atoms with Crippen molar-refractivity contribution in [1.29, 1.82) is 0 Å². The molecule has 56 valence electrons. The summed E-state index contributed by atoms with van der Waals surface area (Å²) in [5.41, 5.74) is 0.776. The molecule has 0 aliphatic rings. The summed E-state index contributed by atoms with van der Waals surface area (Å²) in [5, 5.41) is 2.95. The minimum atomic E-state index is 0.585. The smallest absolute Gasteiger partial charge is 0.107 e. The molecule has 0 rings (SSSR count). The molecule has 0 spiro atoms. The predicted octanol–water partition coefficient (Wildman–Crippen LogP) is 1.44. The molecular formula is C8H13NO. The quantitative estimate of drug-likeness (QED) is 0.459. The second-order valence-corrected chi connectivity index (χ2v) is 1.83. The molecule has 0 aromatic heterocycles. The summed E-state index contributed by atoms with van der Waals surface area (Å²) in [6, 6.07) is 0. The van der Waals surface area contributed by atoms with E-state index in [1.807, 2.05) is 0 Å². The minimum absolute atomic E-state index is 0.585. The van der Waals surface area contributed by atoms with Crippen LogP contribution in [-0.4, -0.2) is 13.7 Å². The molecule has 0 radical (unpaired) electrons. The molecule has 0 fully saturated rings. The van der Waals surface area contributed by atoms with E-state index in [9.17, 15) is 0 Å². The van der Waals surface area contributed by atoms with Crippen molar-refractivity contribution in [2.24, 2.45) is 0 Å². The molecule has 0 aliphatic carbocycles. The van der Waals surface area contributed by atoms with Crippen LogP contribution in [0, 0.1) is 0 Å². The van der Waals surface area contributed by atoms with Gasteiger partial charge in [0.1, 0.15) is 5.76 Å².